The van der Waals surface area contributed by atoms with Crippen molar-refractivity contribution >= 4 is 59.6 Å². The number of benzene rings is 1. The lowest BCUT2D eigenvalue weighted by Crippen LogP contribution is -2.46. The smallest absolute Gasteiger partial charge is 0.238 e. The molecule has 20 heavy (non-hydrogen) atoms. The maximum Gasteiger partial charge on any atom is 0.238 e. The van der Waals surface area contributed by atoms with Gasteiger partial charge in [-0.1, -0.05) is 29.3 Å². The van der Waals surface area contributed by atoms with Gasteiger partial charge in [-0.15, -0.1) is 24.8 Å². The van der Waals surface area contributed by atoms with Crippen LogP contribution in [0.3, 0.4) is 0 Å². The van der Waals surface area contributed by atoms with Crippen molar-refractivity contribution in [2.24, 2.45) is 0 Å². The van der Waals surface area contributed by atoms with Gasteiger partial charge >= 0.3 is 0 Å². The zero-order valence-electron chi connectivity index (χ0n) is 10.7. The highest BCUT2D eigenvalue weighted by atomic mass is 35.5. The van der Waals surface area contributed by atoms with Crippen molar-refractivity contribution in [2.75, 3.05) is 38.0 Å². The van der Waals surface area contributed by atoms with E-state index >= 15 is 0 Å². The molecule has 0 aromatic heterocycles. The number of halogens is 4. The fraction of sp³-hybridized carbons (Fsp3) is 0.417. The van der Waals surface area contributed by atoms with Gasteiger partial charge in [0.25, 0.3) is 0 Å². The van der Waals surface area contributed by atoms with E-state index in [1.807, 2.05) is 0 Å². The van der Waals surface area contributed by atoms with Crippen LogP contribution in [-0.4, -0.2) is 43.5 Å². The van der Waals surface area contributed by atoms with Crippen molar-refractivity contribution in [3.8, 4) is 0 Å². The molecule has 2 rings (SSSR count). The number of hydrogen-bond acceptors (Lipinski definition) is 3. The molecule has 1 aromatic carbocycles. The van der Waals surface area contributed by atoms with Crippen molar-refractivity contribution in [1.82, 2.24) is 10.2 Å². The summed E-state index contributed by atoms with van der Waals surface area (Å²) in [5, 5.41) is 6.91. The molecule has 0 atom stereocenters. The molecule has 2 N–H and O–H groups in total. The van der Waals surface area contributed by atoms with E-state index in [0.29, 0.717) is 22.3 Å². The molecule has 1 aliphatic rings. The van der Waals surface area contributed by atoms with Crippen LogP contribution in [0, 0.1) is 0 Å². The van der Waals surface area contributed by atoms with Crippen LogP contribution in [-0.2, 0) is 4.79 Å². The number of piperazine rings is 1. The minimum atomic E-state index is -0.0908. The van der Waals surface area contributed by atoms with Crippen molar-refractivity contribution < 1.29 is 4.79 Å². The predicted molar refractivity (Wildman–Crippen MR) is 88.9 cm³/mol. The van der Waals surface area contributed by atoms with Crippen LogP contribution in [0.15, 0.2) is 18.2 Å². The van der Waals surface area contributed by atoms with Gasteiger partial charge < -0.3 is 10.6 Å². The summed E-state index contributed by atoms with van der Waals surface area (Å²) in [6, 6.07) is 5.15. The summed E-state index contributed by atoms with van der Waals surface area (Å²) in [5.74, 6) is -0.0908. The van der Waals surface area contributed by atoms with Crippen molar-refractivity contribution in [2.45, 2.75) is 0 Å². The Labute approximate surface area is 141 Å². The predicted octanol–water partition coefficient (Wildman–Crippen LogP) is 2.68. The average molecular weight is 361 g/mol. The largest absolute Gasteiger partial charge is 0.322 e. The normalized spacial score (nSPS) is 14.9. The molecule has 1 fully saturated rings. The van der Waals surface area contributed by atoms with Gasteiger partial charge in [-0.2, -0.15) is 0 Å². The average Bonchev–Trinajstić information content (AvgIpc) is 2.35. The van der Waals surface area contributed by atoms with E-state index in [1.54, 1.807) is 18.2 Å². The second-order valence-corrected chi connectivity index (χ2v) is 4.99. The first-order valence-corrected chi connectivity index (χ1v) is 6.59. The van der Waals surface area contributed by atoms with Gasteiger partial charge in [0.2, 0.25) is 5.91 Å². The third kappa shape index (κ3) is 5.64. The van der Waals surface area contributed by atoms with Gasteiger partial charge in [0.15, 0.2) is 0 Å². The Morgan fingerprint density at radius 1 is 1.20 bits per heavy atom. The molecule has 1 heterocycles. The number of carbonyl (C=O) groups excluding carboxylic acids is 1. The summed E-state index contributed by atoms with van der Waals surface area (Å²) in [5.41, 5.74) is 0.487. The first-order chi connectivity index (χ1) is 8.66. The summed E-state index contributed by atoms with van der Waals surface area (Å²) in [6.07, 6.45) is 0. The zero-order valence-corrected chi connectivity index (χ0v) is 13.8. The molecule has 0 saturated carbocycles. The Morgan fingerprint density at radius 3 is 2.30 bits per heavy atom. The molecular weight excluding hydrogens is 344 g/mol. The maximum absolute atomic E-state index is 11.9. The van der Waals surface area contributed by atoms with Crippen molar-refractivity contribution in [3.63, 3.8) is 0 Å². The van der Waals surface area contributed by atoms with Gasteiger partial charge in [-0.3, -0.25) is 9.69 Å². The maximum atomic E-state index is 11.9. The monoisotopic (exact) mass is 359 g/mol. The highest BCUT2D eigenvalue weighted by Crippen LogP contribution is 2.29. The van der Waals surface area contributed by atoms with Gasteiger partial charge in [0, 0.05) is 26.2 Å². The minimum Gasteiger partial charge on any atom is -0.322 e. The Hall–Kier alpha value is -0.230. The number of rotatable bonds is 3. The molecule has 1 saturated heterocycles. The molecule has 0 unspecified atom stereocenters. The van der Waals surface area contributed by atoms with Crippen LogP contribution in [0.5, 0.6) is 0 Å². The molecule has 1 aliphatic heterocycles. The highest BCUT2D eigenvalue weighted by Gasteiger charge is 2.15. The van der Waals surface area contributed by atoms with Crippen LogP contribution >= 0.6 is 48.0 Å². The van der Waals surface area contributed by atoms with Crippen molar-refractivity contribution in [1.29, 1.82) is 0 Å². The molecule has 0 spiro atoms. The topological polar surface area (TPSA) is 44.4 Å². The Balaban J connectivity index is 0.00000180. The third-order valence-corrected chi connectivity index (χ3v) is 3.43. The van der Waals surface area contributed by atoms with Gasteiger partial charge in [0.05, 0.1) is 22.3 Å². The second-order valence-electron chi connectivity index (χ2n) is 4.17. The third-order valence-electron chi connectivity index (χ3n) is 2.80. The number of nitrogens with one attached hydrogen (secondary N) is 2. The first-order valence-electron chi connectivity index (χ1n) is 5.84. The van der Waals surface area contributed by atoms with Crippen LogP contribution in [0.25, 0.3) is 0 Å². The SMILES string of the molecule is Cl.Cl.O=C(CN1CCNCC1)Nc1c(Cl)cccc1Cl. The van der Waals surface area contributed by atoms with E-state index in [9.17, 15) is 4.79 Å². The van der Waals surface area contributed by atoms with E-state index in [1.165, 1.54) is 0 Å². The summed E-state index contributed by atoms with van der Waals surface area (Å²) >= 11 is 12.0. The first kappa shape index (κ1) is 19.8. The van der Waals surface area contributed by atoms with E-state index in [2.05, 4.69) is 15.5 Å². The summed E-state index contributed by atoms with van der Waals surface area (Å²) in [6.45, 7) is 3.96. The van der Waals surface area contributed by atoms with Crippen LogP contribution < -0.4 is 10.6 Å². The fourth-order valence-corrected chi connectivity index (χ4v) is 2.36. The quantitative estimate of drug-likeness (QED) is 0.870. The molecule has 8 heteroatoms. The van der Waals surface area contributed by atoms with Crippen LogP contribution in [0.2, 0.25) is 10.0 Å². The molecule has 1 amide bonds. The zero-order chi connectivity index (χ0) is 13.0. The summed E-state index contributed by atoms with van der Waals surface area (Å²) < 4.78 is 0. The van der Waals surface area contributed by atoms with Crippen LogP contribution in [0.4, 0.5) is 5.69 Å². The summed E-state index contributed by atoms with van der Waals surface area (Å²) in [7, 11) is 0. The van der Waals surface area contributed by atoms with Gasteiger partial charge in [0.1, 0.15) is 0 Å². The minimum absolute atomic E-state index is 0. The Morgan fingerprint density at radius 2 is 1.75 bits per heavy atom. The van der Waals surface area contributed by atoms with Crippen molar-refractivity contribution in [3.05, 3.63) is 28.2 Å². The highest BCUT2D eigenvalue weighted by molar-refractivity contribution is 6.39. The van der Waals surface area contributed by atoms with Gasteiger partial charge in [-0.05, 0) is 12.1 Å². The molecular formula is C12H17Cl4N3O. The van der Waals surface area contributed by atoms with E-state index in [-0.39, 0.29) is 30.7 Å². The number of amides is 1. The number of nitrogens with zero attached hydrogens (tertiary/aromatic N) is 1. The lowest BCUT2D eigenvalue weighted by Gasteiger charge is -2.26. The lowest BCUT2D eigenvalue weighted by molar-refractivity contribution is -0.117. The number of carbonyl (C=O) groups is 1. The standard InChI is InChI=1S/C12H15Cl2N3O.2ClH/c13-9-2-1-3-10(14)12(9)16-11(18)8-17-6-4-15-5-7-17;;/h1-3,15H,4-8H2,(H,16,18);2*1H. The lowest BCUT2D eigenvalue weighted by atomic mass is 10.3. The summed E-state index contributed by atoms with van der Waals surface area (Å²) in [4.78, 5) is 14.0. The molecule has 114 valence electrons. The number of anilines is 1. The molecule has 0 radical (unpaired) electrons. The second kappa shape index (κ2) is 9.66. The molecule has 0 aliphatic carbocycles. The molecule has 4 nitrogen and oxygen atoms in total. The van der Waals surface area contributed by atoms with E-state index < -0.39 is 0 Å². The molecule has 0 bridgehead atoms. The van der Waals surface area contributed by atoms with Gasteiger partial charge in [-0.25, -0.2) is 0 Å². The van der Waals surface area contributed by atoms with Crippen LogP contribution in [0.1, 0.15) is 0 Å². The Kier molecular flexibility index (Phi) is 9.55. The fourth-order valence-electron chi connectivity index (χ4n) is 1.87. The number of para-hydroxylation sites is 1. The Bertz CT molecular complexity index is 418. The number of hydrogen-bond donors (Lipinski definition) is 2. The molecule has 1 aromatic rings. The van der Waals surface area contributed by atoms with E-state index in [4.69, 9.17) is 23.2 Å². The van der Waals surface area contributed by atoms with E-state index in [0.717, 1.165) is 26.2 Å².